The topological polar surface area (TPSA) is 67.9 Å². The Hall–Kier alpha value is -1.95. The third-order valence-electron chi connectivity index (χ3n) is 3.39. The molecule has 2 aliphatic heterocycles. The Balaban J connectivity index is 1.87. The molecule has 0 unspecified atom stereocenters. The maximum Gasteiger partial charge on any atom is 0.254 e. The van der Waals surface area contributed by atoms with Gasteiger partial charge in [0, 0.05) is 18.7 Å². The molecule has 1 aromatic carbocycles. The number of amides is 2. The van der Waals surface area contributed by atoms with Gasteiger partial charge in [-0.1, -0.05) is 11.6 Å². The molecule has 0 radical (unpaired) electrons. The van der Waals surface area contributed by atoms with Gasteiger partial charge in [0.05, 0.1) is 11.6 Å². The molecular formula is C14H15ClN2O4. The predicted octanol–water partition coefficient (Wildman–Crippen LogP) is 1.07. The number of carbonyl (C=O) groups is 2. The molecule has 112 valence electrons. The Bertz CT molecular complexity index is 591. The van der Waals surface area contributed by atoms with Gasteiger partial charge >= 0.3 is 0 Å². The van der Waals surface area contributed by atoms with Crippen LogP contribution in [0.5, 0.6) is 11.5 Å². The lowest BCUT2D eigenvalue weighted by atomic mass is 10.1. The highest BCUT2D eigenvalue weighted by molar-refractivity contribution is 6.32. The molecule has 1 saturated heterocycles. The van der Waals surface area contributed by atoms with Crippen molar-refractivity contribution in [1.29, 1.82) is 0 Å². The van der Waals surface area contributed by atoms with Crippen LogP contribution >= 0.6 is 11.6 Å². The maximum absolute atomic E-state index is 12.5. The average Bonchev–Trinajstić information content (AvgIpc) is 2.71. The number of fused-ring (bicyclic) bond motifs is 1. The Morgan fingerprint density at radius 1 is 1.29 bits per heavy atom. The highest BCUT2D eigenvalue weighted by Crippen LogP contribution is 2.38. The maximum atomic E-state index is 12.5. The number of rotatable bonds is 1. The normalized spacial score (nSPS) is 18.0. The average molecular weight is 311 g/mol. The quantitative estimate of drug-likeness (QED) is 0.842. The van der Waals surface area contributed by atoms with Crippen LogP contribution in [0.4, 0.5) is 0 Å². The van der Waals surface area contributed by atoms with E-state index in [2.05, 4.69) is 5.32 Å². The second-order valence-electron chi connectivity index (χ2n) is 4.91. The molecule has 1 aromatic rings. The first-order valence-electron chi connectivity index (χ1n) is 6.80. The van der Waals surface area contributed by atoms with Crippen molar-refractivity contribution in [2.24, 2.45) is 0 Å². The van der Waals surface area contributed by atoms with Gasteiger partial charge in [-0.2, -0.15) is 0 Å². The molecule has 1 fully saturated rings. The molecule has 6 nitrogen and oxygen atoms in total. The number of halogens is 1. The molecule has 0 aliphatic carbocycles. The predicted molar refractivity (Wildman–Crippen MR) is 76.0 cm³/mol. The van der Waals surface area contributed by atoms with Gasteiger partial charge in [-0.05, 0) is 18.6 Å². The van der Waals surface area contributed by atoms with Crippen LogP contribution in [0.1, 0.15) is 16.8 Å². The van der Waals surface area contributed by atoms with Gasteiger partial charge in [-0.25, -0.2) is 0 Å². The molecule has 0 spiro atoms. The number of ether oxygens (including phenoxy) is 2. The van der Waals surface area contributed by atoms with Crippen molar-refractivity contribution in [2.45, 2.75) is 6.42 Å². The number of hydrogen-bond donors (Lipinski definition) is 1. The van der Waals surface area contributed by atoms with Gasteiger partial charge in [0.25, 0.3) is 5.91 Å². The van der Waals surface area contributed by atoms with Crippen molar-refractivity contribution in [1.82, 2.24) is 10.2 Å². The summed E-state index contributed by atoms with van der Waals surface area (Å²) in [5.41, 5.74) is 0.402. The van der Waals surface area contributed by atoms with Gasteiger partial charge in [-0.15, -0.1) is 0 Å². The molecule has 1 N–H and O–H groups in total. The first kappa shape index (κ1) is 14.0. The van der Waals surface area contributed by atoms with Gasteiger partial charge in [0.15, 0.2) is 11.5 Å². The third-order valence-corrected chi connectivity index (χ3v) is 3.67. The summed E-state index contributed by atoms with van der Waals surface area (Å²) in [5, 5.41) is 3.08. The number of nitrogens with zero attached hydrogens (tertiary/aromatic N) is 1. The summed E-state index contributed by atoms with van der Waals surface area (Å²) in [6.07, 6.45) is 0.732. The van der Waals surface area contributed by atoms with Gasteiger partial charge < -0.3 is 19.7 Å². The molecule has 2 amide bonds. The fourth-order valence-electron chi connectivity index (χ4n) is 2.40. The smallest absolute Gasteiger partial charge is 0.254 e. The zero-order valence-corrected chi connectivity index (χ0v) is 12.1. The van der Waals surface area contributed by atoms with Crippen molar-refractivity contribution in [2.75, 3.05) is 32.8 Å². The summed E-state index contributed by atoms with van der Waals surface area (Å²) in [5.74, 6) is 0.555. The largest absolute Gasteiger partial charge is 0.486 e. The van der Waals surface area contributed by atoms with E-state index in [4.69, 9.17) is 21.1 Å². The van der Waals surface area contributed by atoms with Crippen LogP contribution in [-0.2, 0) is 4.79 Å². The van der Waals surface area contributed by atoms with E-state index in [0.29, 0.717) is 48.4 Å². The summed E-state index contributed by atoms with van der Waals surface area (Å²) in [7, 11) is 0. The lowest BCUT2D eigenvalue weighted by Gasteiger charge is -2.22. The molecule has 0 bridgehead atoms. The van der Waals surface area contributed by atoms with Crippen LogP contribution in [0.25, 0.3) is 0 Å². The molecule has 0 saturated carbocycles. The van der Waals surface area contributed by atoms with Crippen molar-refractivity contribution in [3.8, 4) is 11.5 Å². The van der Waals surface area contributed by atoms with Crippen LogP contribution in [0.15, 0.2) is 12.1 Å². The van der Waals surface area contributed by atoms with Gasteiger partial charge in [0.2, 0.25) is 5.91 Å². The van der Waals surface area contributed by atoms with Crippen LogP contribution in [0.2, 0.25) is 5.02 Å². The Morgan fingerprint density at radius 3 is 2.95 bits per heavy atom. The Morgan fingerprint density at radius 2 is 2.10 bits per heavy atom. The number of carbonyl (C=O) groups excluding carboxylic acids is 2. The molecule has 3 rings (SSSR count). The minimum absolute atomic E-state index is 0.0604. The van der Waals surface area contributed by atoms with Crippen LogP contribution in [-0.4, -0.2) is 49.6 Å². The first-order valence-corrected chi connectivity index (χ1v) is 7.18. The monoisotopic (exact) mass is 310 g/mol. The molecule has 2 heterocycles. The minimum atomic E-state index is -0.231. The van der Waals surface area contributed by atoms with E-state index in [1.54, 1.807) is 12.1 Å². The van der Waals surface area contributed by atoms with Crippen molar-refractivity contribution in [3.05, 3.63) is 22.7 Å². The van der Waals surface area contributed by atoms with Crippen LogP contribution < -0.4 is 14.8 Å². The first-order chi connectivity index (χ1) is 10.1. The molecule has 21 heavy (non-hydrogen) atoms. The summed E-state index contributed by atoms with van der Waals surface area (Å²) in [6, 6.07) is 3.17. The summed E-state index contributed by atoms with van der Waals surface area (Å²) in [4.78, 5) is 25.6. The summed E-state index contributed by atoms with van der Waals surface area (Å²) < 4.78 is 10.9. The molecular weight excluding hydrogens is 296 g/mol. The zero-order chi connectivity index (χ0) is 14.8. The molecule has 0 aromatic heterocycles. The van der Waals surface area contributed by atoms with E-state index in [-0.39, 0.29) is 18.4 Å². The number of hydrogen-bond acceptors (Lipinski definition) is 4. The highest BCUT2D eigenvalue weighted by atomic mass is 35.5. The molecule has 2 aliphatic rings. The van der Waals surface area contributed by atoms with Crippen molar-refractivity contribution in [3.63, 3.8) is 0 Å². The number of nitrogens with one attached hydrogen (secondary N) is 1. The van der Waals surface area contributed by atoms with E-state index in [1.807, 2.05) is 0 Å². The van der Waals surface area contributed by atoms with Gasteiger partial charge in [-0.3, -0.25) is 9.59 Å². The van der Waals surface area contributed by atoms with E-state index >= 15 is 0 Å². The summed E-state index contributed by atoms with van der Waals surface area (Å²) >= 11 is 6.14. The van der Waals surface area contributed by atoms with Crippen LogP contribution in [0.3, 0.4) is 0 Å². The zero-order valence-electron chi connectivity index (χ0n) is 11.4. The van der Waals surface area contributed by atoms with Gasteiger partial charge in [0.1, 0.15) is 13.2 Å². The number of benzene rings is 1. The van der Waals surface area contributed by atoms with Crippen molar-refractivity contribution < 1.29 is 19.1 Å². The lowest BCUT2D eigenvalue weighted by molar-refractivity contribution is -0.121. The van der Waals surface area contributed by atoms with E-state index in [1.165, 1.54) is 4.90 Å². The van der Waals surface area contributed by atoms with E-state index in [9.17, 15) is 9.59 Å². The van der Waals surface area contributed by atoms with E-state index in [0.717, 1.165) is 6.42 Å². The second-order valence-corrected chi connectivity index (χ2v) is 5.32. The Labute approximate surface area is 127 Å². The fraction of sp³-hybridized carbons (Fsp3) is 0.429. The highest BCUT2D eigenvalue weighted by Gasteiger charge is 2.24. The standard InChI is InChI=1S/C14H15ClN2O4/c15-10-6-9(7-11-13(10)21-5-4-20-11)14(19)17-3-1-2-16-12(18)8-17/h6-7H,1-5,8H2,(H,16,18). The fourth-order valence-corrected chi connectivity index (χ4v) is 2.66. The van der Waals surface area contributed by atoms with Crippen molar-refractivity contribution >= 4 is 23.4 Å². The second kappa shape index (κ2) is 5.81. The molecule has 7 heteroatoms. The lowest BCUT2D eigenvalue weighted by Crippen LogP contribution is -2.37. The Kier molecular flexibility index (Phi) is 3.88. The molecule has 0 atom stereocenters. The van der Waals surface area contributed by atoms with Crippen LogP contribution in [0, 0.1) is 0 Å². The summed E-state index contributed by atoms with van der Waals surface area (Å²) in [6.45, 7) is 2.04. The minimum Gasteiger partial charge on any atom is -0.486 e. The van der Waals surface area contributed by atoms with E-state index < -0.39 is 0 Å². The third kappa shape index (κ3) is 2.90. The SMILES string of the molecule is O=C1CN(C(=O)c2cc(Cl)c3c(c2)OCCO3)CCCN1.